The Morgan fingerprint density at radius 3 is 2.52 bits per heavy atom. The number of carbonyl (C=O) groups excluding carboxylic acids is 2. The minimum Gasteiger partial charge on any atom is -0.364 e. The fraction of sp³-hybridized carbons (Fsp3) is 0.316. The van der Waals surface area contributed by atoms with Crippen molar-refractivity contribution in [3.63, 3.8) is 0 Å². The maximum atomic E-state index is 12.1. The lowest BCUT2D eigenvalue weighted by Gasteiger charge is -2.21. The Hall–Kier alpha value is -2.58. The molecular formula is C19H23N5O2S. The van der Waals surface area contributed by atoms with Gasteiger partial charge >= 0.3 is 6.03 Å². The summed E-state index contributed by atoms with van der Waals surface area (Å²) in [5.74, 6) is -0.608. The monoisotopic (exact) mass is 385 g/mol. The van der Waals surface area contributed by atoms with E-state index in [0.717, 1.165) is 11.4 Å². The summed E-state index contributed by atoms with van der Waals surface area (Å²) >= 11 is 1.78. The highest BCUT2D eigenvalue weighted by Crippen LogP contribution is 2.32. The van der Waals surface area contributed by atoms with Gasteiger partial charge in [0.25, 0.3) is 5.91 Å². The predicted octanol–water partition coefficient (Wildman–Crippen LogP) is 3.71. The number of aromatic nitrogens is 1. The fourth-order valence-electron chi connectivity index (χ4n) is 2.98. The molecule has 1 unspecified atom stereocenters. The van der Waals surface area contributed by atoms with E-state index in [1.165, 1.54) is 31.5 Å². The van der Waals surface area contributed by atoms with Crippen molar-refractivity contribution in [1.29, 1.82) is 0 Å². The first-order chi connectivity index (χ1) is 13.0. The van der Waals surface area contributed by atoms with Gasteiger partial charge in [0, 0.05) is 23.2 Å². The molecule has 0 aliphatic carbocycles. The van der Waals surface area contributed by atoms with Crippen LogP contribution >= 0.6 is 11.9 Å². The summed E-state index contributed by atoms with van der Waals surface area (Å²) < 4.78 is 2.44. The Labute approximate surface area is 162 Å². The second kappa shape index (κ2) is 8.88. The van der Waals surface area contributed by atoms with Gasteiger partial charge in [-0.3, -0.25) is 4.79 Å². The van der Waals surface area contributed by atoms with Crippen LogP contribution in [0.1, 0.15) is 36.7 Å². The number of primary amides is 1. The molecule has 1 aliphatic heterocycles. The average molecular weight is 385 g/mol. The minimum absolute atomic E-state index is 0.150. The SMILES string of the molecule is CCC1CCCN1Sc1ccc(NC(=O)Nc2ccc(C(N)=O)nc2)cc1. The highest BCUT2D eigenvalue weighted by molar-refractivity contribution is 7.97. The molecule has 4 N–H and O–H groups in total. The fourth-order valence-corrected chi connectivity index (χ4v) is 4.13. The van der Waals surface area contributed by atoms with E-state index in [2.05, 4.69) is 26.8 Å². The Kier molecular flexibility index (Phi) is 6.31. The smallest absolute Gasteiger partial charge is 0.323 e. The third-order valence-electron chi connectivity index (χ3n) is 4.40. The van der Waals surface area contributed by atoms with E-state index in [0.29, 0.717) is 17.4 Å². The van der Waals surface area contributed by atoms with Crippen molar-refractivity contribution in [3.05, 3.63) is 48.3 Å². The van der Waals surface area contributed by atoms with Crippen LogP contribution in [-0.2, 0) is 0 Å². The Bertz CT molecular complexity index is 795. The van der Waals surface area contributed by atoms with Crippen molar-refractivity contribution < 1.29 is 9.59 Å². The lowest BCUT2D eigenvalue weighted by Crippen LogP contribution is -2.21. The van der Waals surface area contributed by atoms with Crippen LogP contribution in [-0.4, -0.2) is 33.8 Å². The summed E-state index contributed by atoms with van der Waals surface area (Å²) in [5, 5.41) is 5.44. The van der Waals surface area contributed by atoms with Gasteiger partial charge < -0.3 is 16.4 Å². The van der Waals surface area contributed by atoms with E-state index >= 15 is 0 Å². The number of nitrogens with zero attached hydrogens (tertiary/aromatic N) is 2. The standard InChI is InChI=1S/C19H23N5O2S/c1-2-15-4-3-11-24(15)27-16-8-5-13(6-9-16)22-19(26)23-14-7-10-17(18(20)25)21-12-14/h5-10,12,15H,2-4,11H2,1H3,(H2,20,25)(H2,22,23,26). The molecule has 0 bridgehead atoms. The number of carbonyl (C=O) groups is 2. The first-order valence-corrected chi connectivity index (χ1v) is 9.71. The summed E-state index contributed by atoms with van der Waals surface area (Å²) in [5.41, 5.74) is 6.47. The summed E-state index contributed by atoms with van der Waals surface area (Å²) in [6.07, 6.45) is 5.07. The molecule has 2 heterocycles. The Morgan fingerprint density at radius 1 is 1.19 bits per heavy atom. The molecule has 142 valence electrons. The molecule has 27 heavy (non-hydrogen) atoms. The first kappa shape index (κ1) is 19.2. The zero-order valence-electron chi connectivity index (χ0n) is 15.1. The Balaban J connectivity index is 1.53. The van der Waals surface area contributed by atoms with Gasteiger partial charge in [-0.05, 0) is 67.6 Å². The molecule has 1 aliphatic rings. The molecule has 0 saturated carbocycles. The number of anilines is 2. The van der Waals surface area contributed by atoms with Gasteiger partial charge in [-0.1, -0.05) is 6.92 Å². The molecule has 3 amide bonds. The van der Waals surface area contributed by atoms with Crippen molar-refractivity contribution in [3.8, 4) is 0 Å². The number of urea groups is 1. The van der Waals surface area contributed by atoms with Crippen molar-refractivity contribution >= 4 is 35.3 Å². The van der Waals surface area contributed by atoms with E-state index in [1.54, 1.807) is 18.0 Å². The zero-order chi connectivity index (χ0) is 19.2. The van der Waals surface area contributed by atoms with Crippen LogP contribution in [0.4, 0.5) is 16.2 Å². The lowest BCUT2D eigenvalue weighted by molar-refractivity contribution is 0.0995. The van der Waals surface area contributed by atoms with Gasteiger partial charge in [-0.25, -0.2) is 14.1 Å². The molecule has 2 aromatic rings. The maximum Gasteiger partial charge on any atom is 0.323 e. The molecule has 0 radical (unpaired) electrons. The first-order valence-electron chi connectivity index (χ1n) is 8.93. The van der Waals surface area contributed by atoms with Gasteiger partial charge in [-0.2, -0.15) is 0 Å². The van der Waals surface area contributed by atoms with E-state index in [-0.39, 0.29) is 11.7 Å². The van der Waals surface area contributed by atoms with Crippen LogP contribution in [0.3, 0.4) is 0 Å². The van der Waals surface area contributed by atoms with Crippen molar-refractivity contribution in [2.24, 2.45) is 5.73 Å². The van der Waals surface area contributed by atoms with Crippen LogP contribution in [0.2, 0.25) is 0 Å². The van der Waals surface area contributed by atoms with E-state index < -0.39 is 5.91 Å². The number of amides is 3. The van der Waals surface area contributed by atoms with E-state index in [1.807, 2.05) is 24.3 Å². The van der Waals surface area contributed by atoms with Crippen molar-refractivity contribution in [1.82, 2.24) is 9.29 Å². The third-order valence-corrected chi connectivity index (χ3v) is 5.60. The van der Waals surface area contributed by atoms with Crippen molar-refractivity contribution in [2.45, 2.75) is 37.1 Å². The van der Waals surface area contributed by atoms with Gasteiger partial charge in [0.15, 0.2) is 0 Å². The van der Waals surface area contributed by atoms with Gasteiger partial charge in [0.05, 0.1) is 11.9 Å². The van der Waals surface area contributed by atoms with Crippen LogP contribution in [0.5, 0.6) is 0 Å². The number of nitrogens with two attached hydrogens (primary N) is 1. The molecule has 1 saturated heterocycles. The Morgan fingerprint density at radius 2 is 1.89 bits per heavy atom. The summed E-state index contributed by atoms with van der Waals surface area (Å²) in [7, 11) is 0. The van der Waals surface area contributed by atoms with Crippen LogP contribution in [0.25, 0.3) is 0 Å². The van der Waals surface area contributed by atoms with Gasteiger partial charge in [0.2, 0.25) is 0 Å². The maximum absolute atomic E-state index is 12.1. The van der Waals surface area contributed by atoms with E-state index in [4.69, 9.17) is 5.73 Å². The van der Waals surface area contributed by atoms with E-state index in [9.17, 15) is 9.59 Å². The topological polar surface area (TPSA) is 100 Å². The predicted molar refractivity (Wildman–Crippen MR) is 108 cm³/mol. The molecule has 1 atom stereocenters. The van der Waals surface area contributed by atoms with Crippen molar-refractivity contribution in [2.75, 3.05) is 17.2 Å². The molecule has 3 rings (SSSR count). The van der Waals surface area contributed by atoms with Crippen LogP contribution in [0.15, 0.2) is 47.5 Å². The molecule has 1 fully saturated rings. The number of rotatable bonds is 6. The summed E-state index contributed by atoms with van der Waals surface area (Å²) in [4.78, 5) is 28.1. The lowest BCUT2D eigenvalue weighted by atomic mass is 10.2. The third kappa shape index (κ3) is 5.21. The normalized spacial score (nSPS) is 16.9. The number of hydrogen-bond donors (Lipinski definition) is 3. The second-order valence-corrected chi connectivity index (χ2v) is 7.46. The van der Waals surface area contributed by atoms with Gasteiger partial charge in [-0.15, -0.1) is 0 Å². The number of benzene rings is 1. The molecule has 1 aromatic heterocycles. The molecule has 7 nitrogen and oxygen atoms in total. The molecule has 0 spiro atoms. The molecular weight excluding hydrogens is 362 g/mol. The number of pyridine rings is 1. The largest absolute Gasteiger partial charge is 0.364 e. The van der Waals surface area contributed by atoms with Crippen LogP contribution in [0, 0.1) is 0 Å². The highest BCUT2D eigenvalue weighted by atomic mass is 32.2. The summed E-state index contributed by atoms with van der Waals surface area (Å²) in [6, 6.07) is 11.1. The number of nitrogens with one attached hydrogen (secondary N) is 2. The second-order valence-electron chi connectivity index (χ2n) is 6.34. The average Bonchev–Trinajstić information content (AvgIpc) is 3.11. The zero-order valence-corrected chi connectivity index (χ0v) is 16.0. The van der Waals surface area contributed by atoms with Gasteiger partial charge in [0.1, 0.15) is 5.69 Å². The molecule has 1 aromatic carbocycles. The number of hydrogen-bond acceptors (Lipinski definition) is 5. The molecule has 8 heteroatoms. The minimum atomic E-state index is -0.608. The highest BCUT2D eigenvalue weighted by Gasteiger charge is 2.23. The van der Waals surface area contributed by atoms with Crippen LogP contribution < -0.4 is 16.4 Å². The summed E-state index contributed by atoms with van der Waals surface area (Å²) in [6.45, 7) is 3.35. The quantitative estimate of drug-likeness (QED) is 0.658.